The second kappa shape index (κ2) is 7.87. The highest BCUT2D eigenvalue weighted by Crippen LogP contribution is 2.21. The zero-order chi connectivity index (χ0) is 16.8. The second-order valence-electron chi connectivity index (χ2n) is 5.78. The van der Waals surface area contributed by atoms with E-state index in [1.54, 1.807) is 6.20 Å². The van der Waals surface area contributed by atoms with Crippen molar-refractivity contribution in [1.29, 1.82) is 0 Å². The Morgan fingerprint density at radius 1 is 1.46 bits per heavy atom. The molecule has 0 bridgehead atoms. The molecule has 24 heavy (non-hydrogen) atoms. The number of rotatable bonds is 6. The number of pyridine rings is 1. The van der Waals surface area contributed by atoms with Gasteiger partial charge >= 0.3 is 0 Å². The summed E-state index contributed by atoms with van der Waals surface area (Å²) in [4.78, 5) is 22.9. The summed E-state index contributed by atoms with van der Waals surface area (Å²) in [5.41, 5.74) is 0. The maximum atomic E-state index is 12.4. The molecule has 128 valence electrons. The van der Waals surface area contributed by atoms with Gasteiger partial charge in [0.1, 0.15) is 12.4 Å². The molecule has 1 saturated heterocycles. The Morgan fingerprint density at radius 2 is 2.38 bits per heavy atom. The van der Waals surface area contributed by atoms with Crippen LogP contribution in [0, 0.1) is 5.92 Å². The normalized spacial score (nSPS) is 17.7. The molecule has 8 nitrogen and oxygen atoms in total. The first-order valence-corrected chi connectivity index (χ1v) is 8.12. The summed E-state index contributed by atoms with van der Waals surface area (Å²) < 4.78 is 4.81. The average molecular weight is 331 g/mol. The zero-order valence-electron chi connectivity index (χ0n) is 13.4. The van der Waals surface area contributed by atoms with E-state index in [-0.39, 0.29) is 24.3 Å². The third-order valence-corrected chi connectivity index (χ3v) is 4.06. The summed E-state index contributed by atoms with van der Waals surface area (Å²) in [6.07, 6.45) is 4.10. The van der Waals surface area contributed by atoms with E-state index < -0.39 is 0 Å². The summed E-state index contributed by atoms with van der Waals surface area (Å²) in [5.74, 6) is 1.59. The molecular weight excluding hydrogens is 310 g/mol. The second-order valence-corrected chi connectivity index (χ2v) is 5.78. The van der Waals surface area contributed by atoms with Crippen molar-refractivity contribution in [3.05, 3.63) is 36.1 Å². The standard InChI is InChI=1S/C16H21N5O3/c22-11-15-19-13(20-24-15)6-8-18-16(23)12-4-3-9-21(10-12)14-5-1-2-7-17-14/h1-2,5,7,12,22H,3-4,6,8-11H2,(H,18,23). The summed E-state index contributed by atoms with van der Waals surface area (Å²) in [6, 6.07) is 5.81. The van der Waals surface area contributed by atoms with Gasteiger partial charge in [-0.2, -0.15) is 4.98 Å². The van der Waals surface area contributed by atoms with Crippen molar-refractivity contribution in [3.63, 3.8) is 0 Å². The minimum absolute atomic E-state index is 0.0426. The Kier molecular flexibility index (Phi) is 5.37. The summed E-state index contributed by atoms with van der Waals surface area (Å²) in [6.45, 7) is 1.78. The number of amides is 1. The van der Waals surface area contributed by atoms with Crippen LogP contribution >= 0.6 is 0 Å². The molecule has 1 amide bonds. The number of carbonyl (C=O) groups is 1. The first-order valence-electron chi connectivity index (χ1n) is 8.12. The number of nitrogens with one attached hydrogen (secondary N) is 1. The third-order valence-electron chi connectivity index (χ3n) is 4.06. The van der Waals surface area contributed by atoms with E-state index in [9.17, 15) is 4.79 Å². The van der Waals surface area contributed by atoms with Gasteiger partial charge in [0.05, 0.1) is 5.92 Å². The molecule has 0 saturated carbocycles. The van der Waals surface area contributed by atoms with Crippen molar-refractivity contribution >= 4 is 11.7 Å². The minimum Gasteiger partial charge on any atom is -0.387 e. The van der Waals surface area contributed by atoms with Crippen molar-refractivity contribution in [2.24, 2.45) is 5.92 Å². The lowest BCUT2D eigenvalue weighted by atomic mass is 9.97. The van der Waals surface area contributed by atoms with Crippen LogP contribution in [0.15, 0.2) is 28.9 Å². The molecule has 8 heteroatoms. The van der Waals surface area contributed by atoms with Crippen LogP contribution in [-0.2, 0) is 17.8 Å². The average Bonchev–Trinajstić information content (AvgIpc) is 3.10. The van der Waals surface area contributed by atoms with Gasteiger partial charge in [0.25, 0.3) is 5.89 Å². The van der Waals surface area contributed by atoms with E-state index in [2.05, 4.69) is 25.3 Å². The molecule has 2 aromatic heterocycles. The first kappa shape index (κ1) is 16.4. The van der Waals surface area contributed by atoms with Gasteiger partial charge in [-0.1, -0.05) is 11.2 Å². The molecule has 0 aromatic carbocycles. The summed E-state index contributed by atoms with van der Waals surface area (Å²) in [7, 11) is 0. The molecule has 0 aliphatic carbocycles. The molecule has 0 spiro atoms. The van der Waals surface area contributed by atoms with Crippen LogP contribution < -0.4 is 10.2 Å². The number of piperidine rings is 1. The smallest absolute Gasteiger partial charge is 0.252 e. The summed E-state index contributed by atoms with van der Waals surface area (Å²) >= 11 is 0. The van der Waals surface area contributed by atoms with Crippen LogP contribution in [-0.4, -0.2) is 45.8 Å². The number of carbonyl (C=O) groups excluding carboxylic acids is 1. The Hall–Kier alpha value is -2.48. The third kappa shape index (κ3) is 4.08. The van der Waals surface area contributed by atoms with Crippen molar-refractivity contribution in [1.82, 2.24) is 20.4 Å². The van der Waals surface area contributed by atoms with Gasteiger partial charge in [-0.25, -0.2) is 4.98 Å². The van der Waals surface area contributed by atoms with Gasteiger partial charge in [0.2, 0.25) is 5.91 Å². The van der Waals surface area contributed by atoms with Crippen molar-refractivity contribution < 1.29 is 14.4 Å². The Balaban J connectivity index is 1.47. The maximum absolute atomic E-state index is 12.4. The minimum atomic E-state index is -0.273. The lowest BCUT2D eigenvalue weighted by molar-refractivity contribution is -0.125. The highest BCUT2D eigenvalue weighted by Gasteiger charge is 2.26. The molecule has 1 unspecified atom stereocenters. The monoisotopic (exact) mass is 331 g/mol. The van der Waals surface area contributed by atoms with Crippen LogP contribution in [0.25, 0.3) is 0 Å². The fourth-order valence-corrected chi connectivity index (χ4v) is 2.84. The van der Waals surface area contributed by atoms with Gasteiger partial charge < -0.3 is 19.8 Å². The fraction of sp³-hybridized carbons (Fsp3) is 0.500. The molecule has 1 aliphatic rings. The predicted molar refractivity (Wildman–Crippen MR) is 86.1 cm³/mol. The van der Waals surface area contributed by atoms with E-state index in [4.69, 9.17) is 9.63 Å². The van der Waals surface area contributed by atoms with E-state index in [0.29, 0.717) is 25.3 Å². The number of aliphatic hydroxyl groups is 1. The zero-order valence-corrected chi connectivity index (χ0v) is 13.4. The fourth-order valence-electron chi connectivity index (χ4n) is 2.84. The van der Waals surface area contributed by atoms with Crippen LogP contribution in [0.4, 0.5) is 5.82 Å². The lowest BCUT2D eigenvalue weighted by Crippen LogP contribution is -2.43. The van der Waals surface area contributed by atoms with E-state index in [0.717, 1.165) is 25.2 Å². The van der Waals surface area contributed by atoms with Crippen LogP contribution in [0.2, 0.25) is 0 Å². The van der Waals surface area contributed by atoms with Crippen LogP contribution in [0.5, 0.6) is 0 Å². The maximum Gasteiger partial charge on any atom is 0.252 e. The topological polar surface area (TPSA) is 104 Å². The van der Waals surface area contributed by atoms with E-state index in [1.165, 1.54) is 0 Å². The summed E-state index contributed by atoms with van der Waals surface area (Å²) in [5, 5.41) is 15.5. The Bertz CT molecular complexity index is 661. The van der Waals surface area contributed by atoms with Gasteiger partial charge in [-0.05, 0) is 25.0 Å². The Labute approximate surface area is 139 Å². The molecule has 1 atom stereocenters. The lowest BCUT2D eigenvalue weighted by Gasteiger charge is -2.32. The quantitative estimate of drug-likeness (QED) is 0.795. The predicted octanol–water partition coefficient (Wildman–Crippen LogP) is 0.532. The molecule has 3 heterocycles. The van der Waals surface area contributed by atoms with Crippen LogP contribution in [0.1, 0.15) is 24.6 Å². The molecular formula is C16H21N5O3. The van der Waals surface area contributed by atoms with Crippen molar-refractivity contribution in [3.8, 4) is 0 Å². The molecule has 1 fully saturated rings. The molecule has 3 rings (SSSR count). The number of hydrogen-bond acceptors (Lipinski definition) is 7. The van der Waals surface area contributed by atoms with Gasteiger partial charge in [-0.15, -0.1) is 0 Å². The van der Waals surface area contributed by atoms with Crippen LogP contribution in [0.3, 0.4) is 0 Å². The molecule has 2 N–H and O–H groups in total. The largest absolute Gasteiger partial charge is 0.387 e. The molecule has 1 aliphatic heterocycles. The van der Waals surface area contributed by atoms with Gasteiger partial charge in [0, 0.05) is 32.3 Å². The Morgan fingerprint density at radius 3 is 3.12 bits per heavy atom. The van der Waals surface area contributed by atoms with E-state index >= 15 is 0 Å². The number of aromatic nitrogens is 3. The number of nitrogens with zero attached hydrogens (tertiary/aromatic N) is 4. The highest BCUT2D eigenvalue weighted by atomic mass is 16.5. The SMILES string of the molecule is O=C(NCCc1noc(CO)n1)C1CCCN(c2ccccn2)C1. The molecule has 0 radical (unpaired) electrons. The van der Waals surface area contributed by atoms with Crippen molar-refractivity contribution in [2.75, 3.05) is 24.5 Å². The van der Waals surface area contributed by atoms with Crippen molar-refractivity contribution in [2.45, 2.75) is 25.9 Å². The number of aliphatic hydroxyl groups excluding tert-OH is 1. The number of hydrogen-bond donors (Lipinski definition) is 2. The van der Waals surface area contributed by atoms with Gasteiger partial charge in [-0.3, -0.25) is 4.79 Å². The first-order chi connectivity index (χ1) is 11.8. The number of anilines is 1. The van der Waals surface area contributed by atoms with Gasteiger partial charge in [0.15, 0.2) is 5.82 Å². The van der Waals surface area contributed by atoms with E-state index in [1.807, 2.05) is 18.2 Å². The highest BCUT2D eigenvalue weighted by molar-refractivity contribution is 5.79. The molecule has 2 aromatic rings.